The van der Waals surface area contributed by atoms with E-state index in [1.807, 2.05) is 0 Å². The highest BCUT2D eigenvalue weighted by atomic mass is 32.2. The molecular weight excluding hydrogens is 352 g/mol. The van der Waals surface area contributed by atoms with Gasteiger partial charge in [0.05, 0.1) is 4.90 Å². The molecule has 1 aliphatic heterocycles. The highest BCUT2D eigenvalue weighted by Gasteiger charge is 2.54. The number of nitrogens with zero attached hydrogens (tertiary/aromatic N) is 3. The molecule has 4 N–H and O–H groups in total. The molecule has 0 aliphatic carbocycles. The Bertz CT molecular complexity index is 790. The van der Waals surface area contributed by atoms with Crippen LogP contribution in [0, 0.1) is 0 Å². The number of rotatable bonds is 5. The Morgan fingerprint density at radius 3 is 2.28 bits per heavy atom. The van der Waals surface area contributed by atoms with E-state index in [1.54, 1.807) is 0 Å². The van der Waals surface area contributed by atoms with Crippen molar-refractivity contribution in [2.24, 2.45) is 5.73 Å². The fraction of sp³-hybridized carbons (Fsp3) is 0.429. The van der Waals surface area contributed by atoms with Crippen LogP contribution in [-0.2, 0) is 19.6 Å². The zero-order chi connectivity index (χ0) is 19.2. The van der Waals surface area contributed by atoms with Gasteiger partial charge in [-0.1, -0.05) is 17.3 Å². The number of sulfonamides is 1. The molecule has 1 aliphatic rings. The lowest BCUT2D eigenvalue weighted by molar-refractivity contribution is -0.241. The minimum atomic E-state index is -3.63. The summed E-state index contributed by atoms with van der Waals surface area (Å²) in [5.41, 5.74) is 4.79. The van der Waals surface area contributed by atoms with Gasteiger partial charge in [-0.3, -0.25) is 14.8 Å². The Hall–Kier alpha value is -2.05. The topological polar surface area (TPSA) is 144 Å². The smallest absolute Gasteiger partial charge is 0.324 e. The zero-order valence-electron chi connectivity index (χ0n) is 13.9. The number of hydrogen-bond donors (Lipinski definition) is 3. The maximum absolute atomic E-state index is 12.3. The summed E-state index contributed by atoms with van der Waals surface area (Å²) < 4.78 is 25.2. The molecule has 0 aromatic heterocycles. The van der Waals surface area contributed by atoms with Crippen molar-refractivity contribution >= 4 is 21.9 Å². The van der Waals surface area contributed by atoms with E-state index in [0.717, 1.165) is 4.31 Å². The third kappa shape index (κ3) is 3.24. The molecule has 0 radical (unpaired) electrons. The molecule has 2 atom stereocenters. The zero-order valence-corrected chi connectivity index (χ0v) is 14.8. The van der Waals surface area contributed by atoms with Crippen LogP contribution in [0.25, 0.3) is 0 Å². The summed E-state index contributed by atoms with van der Waals surface area (Å²) in [6, 6.07) is 4.45. The number of carbonyl (C=O) groups excluding carboxylic acids is 1. The van der Waals surface area contributed by atoms with Crippen LogP contribution in [0.2, 0.25) is 0 Å². The first-order valence-corrected chi connectivity index (χ1v) is 8.68. The average molecular weight is 372 g/mol. The lowest BCUT2D eigenvalue weighted by Crippen LogP contribution is -2.48. The van der Waals surface area contributed by atoms with Crippen LogP contribution in [0.3, 0.4) is 0 Å². The minimum Gasteiger partial charge on any atom is -0.480 e. The van der Waals surface area contributed by atoms with Crippen molar-refractivity contribution in [3.8, 4) is 0 Å². The molecule has 0 spiro atoms. The fourth-order valence-electron chi connectivity index (χ4n) is 2.65. The second kappa shape index (κ2) is 6.35. The highest BCUT2D eigenvalue weighted by Crippen LogP contribution is 2.38. The molecule has 11 heteroatoms. The van der Waals surface area contributed by atoms with E-state index in [1.165, 1.54) is 45.3 Å². The van der Waals surface area contributed by atoms with E-state index in [9.17, 15) is 23.2 Å². The number of benzene rings is 1. The molecule has 2 unspecified atom stereocenters. The first kappa shape index (κ1) is 19.3. The van der Waals surface area contributed by atoms with E-state index in [4.69, 9.17) is 10.8 Å². The maximum Gasteiger partial charge on any atom is 0.324 e. The summed E-state index contributed by atoms with van der Waals surface area (Å²) in [7, 11) is -0.830. The third-order valence-electron chi connectivity index (χ3n) is 4.00. The molecule has 0 bridgehead atoms. The average Bonchev–Trinajstić information content (AvgIpc) is 2.67. The standard InChI is InChI=1S/C14H20N4O6S/c1-14(15)12(18(22)17(13(14)21)8-11(19)20)9-4-6-10(7-5-9)25(23,24)16(2)3/h4-7,12,22H,8,15H2,1-3H3,(H,19,20). The van der Waals surface area contributed by atoms with Gasteiger partial charge in [0, 0.05) is 14.1 Å². The number of hydrazine groups is 1. The van der Waals surface area contributed by atoms with Crippen LogP contribution in [0.1, 0.15) is 18.5 Å². The van der Waals surface area contributed by atoms with Crippen molar-refractivity contribution in [2.75, 3.05) is 20.6 Å². The van der Waals surface area contributed by atoms with Gasteiger partial charge in [-0.2, -0.15) is 0 Å². The largest absolute Gasteiger partial charge is 0.480 e. The molecule has 2 rings (SSSR count). The van der Waals surface area contributed by atoms with Crippen molar-refractivity contribution in [1.82, 2.24) is 14.5 Å². The molecule has 1 aromatic rings. The number of hydrogen-bond acceptors (Lipinski definition) is 7. The Morgan fingerprint density at radius 1 is 1.32 bits per heavy atom. The number of nitrogens with two attached hydrogens (primary N) is 1. The van der Waals surface area contributed by atoms with E-state index >= 15 is 0 Å². The molecule has 1 amide bonds. The summed E-state index contributed by atoms with van der Waals surface area (Å²) >= 11 is 0. The van der Waals surface area contributed by atoms with Gasteiger partial charge in [0.25, 0.3) is 5.91 Å². The van der Waals surface area contributed by atoms with Gasteiger partial charge >= 0.3 is 5.97 Å². The first-order chi connectivity index (χ1) is 11.4. The van der Waals surface area contributed by atoms with Gasteiger partial charge in [0.15, 0.2) is 0 Å². The summed E-state index contributed by atoms with van der Waals surface area (Å²) in [4.78, 5) is 23.2. The van der Waals surface area contributed by atoms with E-state index in [0.29, 0.717) is 15.7 Å². The second-order valence-electron chi connectivity index (χ2n) is 6.12. The molecule has 138 valence electrons. The van der Waals surface area contributed by atoms with Crippen LogP contribution in [0.4, 0.5) is 0 Å². The predicted molar refractivity (Wildman–Crippen MR) is 85.6 cm³/mol. The Morgan fingerprint density at radius 2 is 1.84 bits per heavy atom. The van der Waals surface area contributed by atoms with Gasteiger partial charge in [0.2, 0.25) is 10.0 Å². The van der Waals surface area contributed by atoms with Crippen molar-refractivity contribution < 1.29 is 28.3 Å². The van der Waals surface area contributed by atoms with Crippen molar-refractivity contribution in [3.63, 3.8) is 0 Å². The number of hydroxylamine groups is 1. The maximum atomic E-state index is 12.3. The van der Waals surface area contributed by atoms with Crippen LogP contribution in [-0.4, -0.2) is 71.3 Å². The highest BCUT2D eigenvalue weighted by molar-refractivity contribution is 7.89. The van der Waals surface area contributed by atoms with Gasteiger partial charge in [-0.05, 0) is 24.6 Å². The van der Waals surface area contributed by atoms with Gasteiger partial charge < -0.3 is 10.8 Å². The number of amides is 1. The van der Waals surface area contributed by atoms with E-state index < -0.39 is 40.0 Å². The van der Waals surface area contributed by atoms with Gasteiger partial charge in [-0.25, -0.2) is 17.7 Å². The number of carbonyl (C=O) groups is 2. The Labute approximate surface area is 145 Å². The SMILES string of the molecule is CN(C)S(=O)(=O)c1ccc(C2N(O)N(CC(=O)O)C(=O)C2(C)N)cc1. The van der Waals surface area contributed by atoms with E-state index in [-0.39, 0.29) is 4.90 Å². The number of carboxylic acids is 1. The fourth-order valence-corrected chi connectivity index (χ4v) is 3.55. The monoisotopic (exact) mass is 372 g/mol. The number of aliphatic carboxylic acids is 1. The lowest BCUT2D eigenvalue weighted by Gasteiger charge is -2.27. The molecule has 10 nitrogen and oxygen atoms in total. The molecule has 25 heavy (non-hydrogen) atoms. The van der Waals surface area contributed by atoms with Crippen LogP contribution >= 0.6 is 0 Å². The minimum absolute atomic E-state index is 0.0381. The lowest BCUT2D eigenvalue weighted by atomic mass is 9.89. The normalized spacial score (nSPS) is 25.0. The first-order valence-electron chi connectivity index (χ1n) is 7.24. The molecule has 1 heterocycles. The second-order valence-corrected chi connectivity index (χ2v) is 8.27. The quantitative estimate of drug-likeness (QED) is 0.611. The molecule has 1 saturated heterocycles. The third-order valence-corrected chi connectivity index (χ3v) is 5.83. The Balaban J connectivity index is 2.40. The van der Waals surface area contributed by atoms with E-state index in [2.05, 4.69) is 0 Å². The van der Waals surface area contributed by atoms with Crippen molar-refractivity contribution in [1.29, 1.82) is 0 Å². The number of carboxylic acid groups (broad SMARTS) is 1. The molecule has 1 aromatic carbocycles. The molecule has 1 fully saturated rings. The van der Waals surface area contributed by atoms with Crippen LogP contribution < -0.4 is 5.73 Å². The van der Waals surface area contributed by atoms with Crippen LogP contribution in [0.15, 0.2) is 29.2 Å². The summed E-state index contributed by atoms with van der Waals surface area (Å²) in [6.07, 6.45) is 0. The summed E-state index contributed by atoms with van der Waals surface area (Å²) in [5, 5.41) is 20.2. The molecular formula is C14H20N4O6S. The summed E-state index contributed by atoms with van der Waals surface area (Å²) in [5.74, 6) is -2.07. The summed E-state index contributed by atoms with van der Waals surface area (Å²) in [6.45, 7) is 0.626. The predicted octanol–water partition coefficient (Wildman–Crippen LogP) is -0.772. The van der Waals surface area contributed by atoms with Crippen molar-refractivity contribution in [3.05, 3.63) is 29.8 Å². The van der Waals surface area contributed by atoms with Crippen LogP contribution in [0.5, 0.6) is 0 Å². The van der Waals surface area contributed by atoms with Gasteiger partial charge in [0.1, 0.15) is 18.1 Å². The Kier molecular flexibility index (Phi) is 4.90. The van der Waals surface area contributed by atoms with Crippen molar-refractivity contribution in [2.45, 2.75) is 23.4 Å². The van der Waals surface area contributed by atoms with Gasteiger partial charge in [-0.15, -0.1) is 0 Å². The molecule has 0 saturated carbocycles.